The van der Waals surface area contributed by atoms with Crippen molar-refractivity contribution in [2.45, 2.75) is 26.1 Å². The number of carbonyl (C=O) groups excluding carboxylic acids is 1. The zero-order chi connectivity index (χ0) is 20.5. The van der Waals surface area contributed by atoms with Crippen molar-refractivity contribution in [3.63, 3.8) is 0 Å². The largest absolute Gasteiger partial charge is 0.497 e. The van der Waals surface area contributed by atoms with Crippen LogP contribution < -0.4 is 10.1 Å². The fraction of sp³-hybridized carbons (Fsp3) is 0.348. The van der Waals surface area contributed by atoms with Gasteiger partial charge in [0.25, 0.3) is 5.91 Å². The first-order valence-electron chi connectivity index (χ1n) is 9.91. The molecule has 2 aromatic heterocycles. The number of likely N-dealkylation sites (N-methyl/N-ethyl adjacent to an activating group) is 1. The van der Waals surface area contributed by atoms with Crippen LogP contribution in [0.4, 0.5) is 0 Å². The van der Waals surface area contributed by atoms with Gasteiger partial charge in [0.15, 0.2) is 0 Å². The van der Waals surface area contributed by atoms with Gasteiger partial charge >= 0.3 is 0 Å². The van der Waals surface area contributed by atoms with Crippen LogP contribution in [0.3, 0.4) is 0 Å². The normalized spacial score (nSPS) is 16.5. The van der Waals surface area contributed by atoms with Crippen LogP contribution in [0.25, 0.3) is 11.3 Å². The Morgan fingerprint density at radius 2 is 1.97 bits per heavy atom. The summed E-state index contributed by atoms with van der Waals surface area (Å²) in [6.45, 7) is 4.41. The maximum Gasteiger partial charge on any atom is 0.253 e. The number of carbonyl (C=O) groups is 1. The summed E-state index contributed by atoms with van der Waals surface area (Å²) in [5.41, 5.74) is 5.07. The molecule has 1 N–H and O–H groups in total. The highest BCUT2D eigenvalue weighted by molar-refractivity contribution is 5.97. The second-order valence-electron chi connectivity index (χ2n) is 7.75. The molecule has 1 aromatic carbocycles. The first kappa shape index (κ1) is 19.3. The van der Waals surface area contributed by atoms with E-state index in [0.29, 0.717) is 6.54 Å². The number of hydrogen-bond donors (Lipinski definition) is 1. The molecule has 0 saturated carbocycles. The number of fused-ring (bicyclic) bond motifs is 1. The van der Waals surface area contributed by atoms with E-state index in [1.807, 2.05) is 44.3 Å². The van der Waals surface area contributed by atoms with Crippen LogP contribution in [-0.4, -0.2) is 46.7 Å². The summed E-state index contributed by atoms with van der Waals surface area (Å²) in [5.74, 6) is 0.796. The van der Waals surface area contributed by atoms with Crippen molar-refractivity contribution in [1.29, 1.82) is 0 Å². The molecule has 1 aliphatic heterocycles. The van der Waals surface area contributed by atoms with Gasteiger partial charge in [-0.25, -0.2) is 0 Å². The Kier molecular flexibility index (Phi) is 5.20. The minimum atomic E-state index is -0.0236. The van der Waals surface area contributed by atoms with Gasteiger partial charge in [-0.15, -0.1) is 0 Å². The average molecular weight is 393 g/mol. The molecule has 0 bridgehead atoms. The molecule has 152 valence electrons. The van der Waals surface area contributed by atoms with E-state index in [2.05, 4.69) is 44.7 Å². The Morgan fingerprint density at radius 3 is 2.69 bits per heavy atom. The molecule has 1 unspecified atom stereocenters. The predicted molar refractivity (Wildman–Crippen MR) is 114 cm³/mol. The molecule has 1 atom stereocenters. The standard InChI is InChI=1S/C23H28N4O2/c1-16-21(12-22(26(16)3)17-7-9-20(29-4)10-8-17)23(28)24-13-19-15-27-11-5-6-18(27)14-25(19)2/h5-12,19H,13-15H2,1-4H3,(H,24,28). The maximum atomic E-state index is 12.9. The van der Waals surface area contributed by atoms with E-state index >= 15 is 0 Å². The third-order valence-corrected chi connectivity index (χ3v) is 6.03. The minimum Gasteiger partial charge on any atom is -0.497 e. The molecule has 1 amide bonds. The van der Waals surface area contributed by atoms with E-state index in [1.54, 1.807) is 7.11 Å². The Labute approximate surface area is 171 Å². The van der Waals surface area contributed by atoms with Gasteiger partial charge in [0.05, 0.1) is 12.7 Å². The number of amides is 1. The summed E-state index contributed by atoms with van der Waals surface area (Å²) in [6, 6.07) is 14.4. The van der Waals surface area contributed by atoms with Crippen molar-refractivity contribution in [2.75, 3.05) is 20.7 Å². The number of methoxy groups -OCH3 is 1. The van der Waals surface area contributed by atoms with Crippen molar-refractivity contribution in [2.24, 2.45) is 7.05 Å². The fourth-order valence-electron chi connectivity index (χ4n) is 4.02. The lowest BCUT2D eigenvalue weighted by Gasteiger charge is -2.34. The molecule has 1 aliphatic rings. The highest BCUT2D eigenvalue weighted by atomic mass is 16.5. The fourth-order valence-corrected chi connectivity index (χ4v) is 4.02. The highest BCUT2D eigenvalue weighted by Crippen LogP contribution is 2.26. The van der Waals surface area contributed by atoms with Gasteiger partial charge in [-0.2, -0.15) is 0 Å². The SMILES string of the molecule is COc1ccc(-c2cc(C(=O)NCC3Cn4cccc4CN3C)c(C)n2C)cc1. The summed E-state index contributed by atoms with van der Waals surface area (Å²) < 4.78 is 9.58. The number of nitrogens with one attached hydrogen (secondary N) is 1. The van der Waals surface area contributed by atoms with Gasteiger partial charge in [0.1, 0.15) is 5.75 Å². The second-order valence-corrected chi connectivity index (χ2v) is 7.75. The average Bonchev–Trinajstić information content (AvgIpc) is 3.30. The van der Waals surface area contributed by atoms with Crippen molar-refractivity contribution >= 4 is 5.91 Å². The predicted octanol–water partition coefficient (Wildman–Crippen LogP) is 3.05. The van der Waals surface area contributed by atoms with Crippen LogP contribution in [0.2, 0.25) is 0 Å². The van der Waals surface area contributed by atoms with Crippen molar-refractivity contribution in [1.82, 2.24) is 19.4 Å². The van der Waals surface area contributed by atoms with Crippen molar-refractivity contribution in [3.8, 4) is 17.0 Å². The van der Waals surface area contributed by atoms with Gasteiger partial charge in [0.2, 0.25) is 0 Å². The van der Waals surface area contributed by atoms with Gasteiger partial charge < -0.3 is 19.2 Å². The van der Waals surface area contributed by atoms with E-state index in [-0.39, 0.29) is 11.9 Å². The Bertz CT molecular complexity index is 1020. The molecular formula is C23H28N4O2. The van der Waals surface area contributed by atoms with E-state index in [1.165, 1.54) is 5.69 Å². The Balaban J connectivity index is 1.47. The highest BCUT2D eigenvalue weighted by Gasteiger charge is 2.24. The smallest absolute Gasteiger partial charge is 0.253 e. The molecule has 6 heteroatoms. The lowest BCUT2D eigenvalue weighted by molar-refractivity contribution is 0.0925. The third-order valence-electron chi connectivity index (χ3n) is 6.03. The van der Waals surface area contributed by atoms with Crippen LogP contribution in [0.5, 0.6) is 5.75 Å². The summed E-state index contributed by atoms with van der Waals surface area (Å²) in [5, 5.41) is 3.15. The Hall–Kier alpha value is -2.99. The van der Waals surface area contributed by atoms with Crippen LogP contribution in [0.1, 0.15) is 21.7 Å². The number of ether oxygens (including phenoxy) is 1. The first-order valence-corrected chi connectivity index (χ1v) is 9.91. The van der Waals surface area contributed by atoms with Crippen LogP contribution in [0.15, 0.2) is 48.7 Å². The third kappa shape index (κ3) is 3.68. The molecular weight excluding hydrogens is 364 g/mol. The van der Waals surface area contributed by atoms with Crippen LogP contribution in [-0.2, 0) is 20.1 Å². The van der Waals surface area contributed by atoms with Gasteiger partial charge in [-0.05, 0) is 62.0 Å². The topological polar surface area (TPSA) is 51.4 Å². The van der Waals surface area contributed by atoms with Gasteiger partial charge in [0, 0.05) is 56.0 Å². The van der Waals surface area contributed by atoms with Crippen LogP contribution in [0, 0.1) is 6.92 Å². The summed E-state index contributed by atoms with van der Waals surface area (Å²) >= 11 is 0. The second kappa shape index (κ2) is 7.79. The summed E-state index contributed by atoms with van der Waals surface area (Å²) in [7, 11) is 5.77. The molecule has 29 heavy (non-hydrogen) atoms. The zero-order valence-electron chi connectivity index (χ0n) is 17.5. The van der Waals surface area contributed by atoms with E-state index in [9.17, 15) is 4.79 Å². The Morgan fingerprint density at radius 1 is 1.21 bits per heavy atom. The lowest BCUT2D eigenvalue weighted by Crippen LogP contribution is -2.47. The molecule has 3 aromatic rings. The van der Waals surface area contributed by atoms with E-state index < -0.39 is 0 Å². The lowest BCUT2D eigenvalue weighted by atomic mass is 10.1. The van der Waals surface area contributed by atoms with Gasteiger partial charge in [-0.3, -0.25) is 9.69 Å². The molecule has 0 fully saturated rings. The summed E-state index contributed by atoms with van der Waals surface area (Å²) in [6.07, 6.45) is 2.11. The molecule has 0 aliphatic carbocycles. The summed E-state index contributed by atoms with van der Waals surface area (Å²) in [4.78, 5) is 15.2. The van der Waals surface area contributed by atoms with Crippen molar-refractivity contribution < 1.29 is 9.53 Å². The molecule has 0 radical (unpaired) electrons. The van der Waals surface area contributed by atoms with E-state index in [0.717, 1.165) is 41.4 Å². The van der Waals surface area contributed by atoms with Crippen LogP contribution >= 0.6 is 0 Å². The minimum absolute atomic E-state index is 0.0236. The monoisotopic (exact) mass is 392 g/mol. The number of rotatable bonds is 5. The zero-order valence-corrected chi connectivity index (χ0v) is 17.5. The van der Waals surface area contributed by atoms with E-state index in [4.69, 9.17) is 4.74 Å². The molecule has 6 nitrogen and oxygen atoms in total. The molecule has 0 saturated heterocycles. The van der Waals surface area contributed by atoms with Crippen molar-refractivity contribution in [3.05, 3.63) is 65.6 Å². The first-order chi connectivity index (χ1) is 14.0. The number of hydrogen-bond acceptors (Lipinski definition) is 3. The molecule has 0 spiro atoms. The molecule has 4 rings (SSSR count). The number of aromatic nitrogens is 2. The maximum absolute atomic E-state index is 12.9. The van der Waals surface area contributed by atoms with Gasteiger partial charge in [-0.1, -0.05) is 0 Å². The number of benzene rings is 1. The number of nitrogens with zero attached hydrogens (tertiary/aromatic N) is 3. The quantitative estimate of drug-likeness (QED) is 0.726. The molecule has 3 heterocycles.